The minimum absolute atomic E-state index is 0.0531. The molecule has 5 nitrogen and oxygen atoms in total. The van der Waals surface area contributed by atoms with E-state index in [4.69, 9.17) is 26.9 Å². The van der Waals surface area contributed by atoms with Gasteiger partial charge in [0.15, 0.2) is 0 Å². The molecule has 1 aromatic rings. The van der Waals surface area contributed by atoms with Gasteiger partial charge in [-0.2, -0.15) is 0 Å². The first kappa shape index (κ1) is 16.4. The number of halogens is 1. The van der Waals surface area contributed by atoms with Gasteiger partial charge in [-0.05, 0) is 25.3 Å². The molecule has 1 unspecified atom stereocenters. The Kier molecular flexibility index (Phi) is 4.97. The normalized spacial score (nSPS) is 20.9. The Hall–Kier alpha value is -1.46. The summed E-state index contributed by atoms with van der Waals surface area (Å²) >= 11 is 6.21. The molecule has 1 atom stereocenters. The standard InChI is InChI=1S/C17H23ClN2O3/c1-2-6-11-9-12-15(19)14(18)10-13(16(12)22-11)17(21)23-20-7-4-3-5-8-20/h10-11H,2-9,19H2,1H3. The summed E-state index contributed by atoms with van der Waals surface area (Å²) in [6.07, 6.45) is 5.95. The molecule has 1 fully saturated rings. The average Bonchev–Trinajstić information content (AvgIpc) is 2.96. The highest BCUT2D eigenvalue weighted by Crippen LogP contribution is 2.41. The largest absolute Gasteiger partial charge is 0.489 e. The maximum absolute atomic E-state index is 12.6. The van der Waals surface area contributed by atoms with Gasteiger partial charge in [0, 0.05) is 25.1 Å². The Morgan fingerprint density at radius 3 is 2.87 bits per heavy atom. The van der Waals surface area contributed by atoms with Crippen molar-refractivity contribution in [2.75, 3.05) is 18.8 Å². The van der Waals surface area contributed by atoms with Gasteiger partial charge in [-0.3, -0.25) is 0 Å². The van der Waals surface area contributed by atoms with Gasteiger partial charge in [0.1, 0.15) is 17.4 Å². The molecule has 0 saturated carbocycles. The molecule has 3 rings (SSSR count). The van der Waals surface area contributed by atoms with E-state index in [0.29, 0.717) is 28.4 Å². The number of hydrogen-bond acceptors (Lipinski definition) is 5. The van der Waals surface area contributed by atoms with Crippen molar-refractivity contribution in [2.24, 2.45) is 0 Å². The first-order valence-corrected chi connectivity index (χ1v) is 8.72. The monoisotopic (exact) mass is 338 g/mol. The van der Waals surface area contributed by atoms with E-state index in [1.165, 1.54) is 6.42 Å². The van der Waals surface area contributed by atoms with Crippen molar-refractivity contribution in [1.82, 2.24) is 5.06 Å². The molecule has 126 valence electrons. The lowest BCUT2D eigenvalue weighted by Crippen LogP contribution is -2.32. The number of nitrogens with zero attached hydrogens (tertiary/aromatic N) is 1. The van der Waals surface area contributed by atoms with Crippen LogP contribution in [-0.2, 0) is 11.3 Å². The molecule has 1 saturated heterocycles. The summed E-state index contributed by atoms with van der Waals surface area (Å²) in [6.45, 7) is 3.65. The van der Waals surface area contributed by atoms with E-state index in [1.807, 2.05) is 0 Å². The minimum atomic E-state index is -0.415. The second-order valence-corrected chi connectivity index (χ2v) is 6.64. The Morgan fingerprint density at radius 1 is 1.43 bits per heavy atom. The fourth-order valence-corrected chi connectivity index (χ4v) is 3.45. The zero-order valence-corrected chi connectivity index (χ0v) is 14.2. The van der Waals surface area contributed by atoms with E-state index in [-0.39, 0.29) is 6.10 Å². The molecular formula is C17H23ClN2O3. The highest BCUT2D eigenvalue weighted by molar-refractivity contribution is 6.33. The predicted octanol–water partition coefficient (Wildman–Crippen LogP) is 3.58. The summed E-state index contributed by atoms with van der Waals surface area (Å²) in [5.41, 5.74) is 7.79. The topological polar surface area (TPSA) is 64.8 Å². The van der Waals surface area contributed by atoms with Gasteiger partial charge in [-0.1, -0.05) is 31.4 Å². The molecular weight excluding hydrogens is 316 g/mol. The second-order valence-electron chi connectivity index (χ2n) is 6.23. The number of rotatable bonds is 4. The molecule has 0 spiro atoms. The number of anilines is 1. The van der Waals surface area contributed by atoms with Crippen molar-refractivity contribution in [2.45, 2.75) is 51.6 Å². The van der Waals surface area contributed by atoms with Gasteiger partial charge in [0.05, 0.1) is 10.7 Å². The predicted molar refractivity (Wildman–Crippen MR) is 89.7 cm³/mol. The molecule has 0 aliphatic carbocycles. The number of hydroxylamine groups is 2. The van der Waals surface area contributed by atoms with Gasteiger partial charge in [0.2, 0.25) is 0 Å². The lowest BCUT2D eigenvalue weighted by Gasteiger charge is -2.25. The van der Waals surface area contributed by atoms with E-state index < -0.39 is 5.97 Å². The fraction of sp³-hybridized carbons (Fsp3) is 0.588. The van der Waals surface area contributed by atoms with Crippen molar-refractivity contribution < 1.29 is 14.4 Å². The lowest BCUT2D eigenvalue weighted by atomic mass is 10.0. The summed E-state index contributed by atoms with van der Waals surface area (Å²) in [6, 6.07) is 1.57. The summed E-state index contributed by atoms with van der Waals surface area (Å²) in [4.78, 5) is 18.1. The number of nitrogen functional groups attached to an aromatic ring is 1. The number of carbonyl (C=O) groups is 1. The number of piperidine rings is 1. The third-order valence-corrected chi connectivity index (χ3v) is 4.76. The molecule has 0 radical (unpaired) electrons. The first-order chi connectivity index (χ1) is 11.1. The Balaban J connectivity index is 1.83. The molecule has 2 aliphatic heterocycles. The van der Waals surface area contributed by atoms with E-state index >= 15 is 0 Å². The highest BCUT2D eigenvalue weighted by atomic mass is 35.5. The van der Waals surface area contributed by atoms with Crippen LogP contribution in [0.5, 0.6) is 5.75 Å². The zero-order chi connectivity index (χ0) is 16.4. The van der Waals surface area contributed by atoms with Crippen LogP contribution in [0.3, 0.4) is 0 Å². The van der Waals surface area contributed by atoms with Crippen LogP contribution in [0.25, 0.3) is 0 Å². The summed E-state index contributed by atoms with van der Waals surface area (Å²) < 4.78 is 5.97. The first-order valence-electron chi connectivity index (χ1n) is 8.35. The molecule has 2 heterocycles. The quantitative estimate of drug-likeness (QED) is 0.850. The molecule has 23 heavy (non-hydrogen) atoms. The van der Waals surface area contributed by atoms with E-state index in [1.54, 1.807) is 11.1 Å². The van der Waals surface area contributed by atoms with Crippen molar-refractivity contribution in [3.63, 3.8) is 0 Å². The van der Waals surface area contributed by atoms with Crippen molar-refractivity contribution in [1.29, 1.82) is 0 Å². The Labute approximate surface area is 141 Å². The third kappa shape index (κ3) is 3.40. The lowest BCUT2D eigenvalue weighted by molar-refractivity contribution is -0.119. The number of fused-ring (bicyclic) bond motifs is 1. The SMILES string of the molecule is CCCC1Cc2c(N)c(Cl)cc(C(=O)ON3CCCCC3)c2O1. The molecule has 2 N–H and O–H groups in total. The molecule has 0 amide bonds. The molecule has 6 heteroatoms. The summed E-state index contributed by atoms with van der Waals surface area (Å²) in [5.74, 6) is 0.134. The van der Waals surface area contributed by atoms with Gasteiger partial charge in [-0.25, -0.2) is 4.79 Å². The van der Waals surface area contributed by atoms with Gasteiger partial charge in [0.25, 0.3) is 0 Å². The van der Waals surface area contributed by atoms with E-state index in [9.17, 15) is 4.79 Å². The molecule has 0 aromatic heterocycles. The smallest absolute Gasteiger partial charge is 0.360 e. The van der Waals surface area contributed by atoms with Gasteiger partial charge in [-0.15, -0.1) is 5.06 Å². The summed E-state index contributed by atoms with van der Waals surface area (Å²) in [5, 5.41) is 2.11. The maximum Gasteiger partial charge on any atom is 0.360 e. The number of benzene rings is 1. The van der Waals surface area contributed by atoms with Crippen molar-refractivity contribution in [3.8, 4) is 5.75 Å². The fourth-order valence-electron chi connectivity index (χ4n) is 3.23. The van der Waals surface area contributed by atoms with Crippen LogP contribution in [0.15, 0.2) is 6.07 Å². The number of hydrogen-bond donors (Lipinski definition) is 1. The van der Waals surface area contributed by atoms with Crippen LogP contribution in [0.1, 0.15) is 54.9 Å². The number of ether oxygens (including phenoxy) is 1. The van der Waals surface area contributed by atoms with Gasteiger partial charge >= 0.3 is 5.97 Å². The Bertz CT molecular complexity index is 600. The molecule has 1 aromatic carbocycles. The van der Waals surface area contributed by atoms with Crippen LogP contribution in [0.4, 0.5) is 5.69 Å². The second kappa shape index (κ2) is 6.97. The average molecular weight is 339 g/mol. The van der Waals surface area contributed by atoms with E-state index in [2.05, 4.69) is 6.92 Å². The van der Waals surface area contributed by atoms with Crippen LogP contribution >= 0.6 is 11.6 Å². The van der Waals surface area contributed by atoms with Crippen molar-refractivity contribution >= 4 is 23.3 Å². The minimum Gasteiger partial charge on any atom is -0.489 e. The maximum atomic E-state index is 12.6. The number of carbonyl (C=O) groups excluding carboxylic acids is 1. The van der Waals surface area contributed by atoms with Gasteiger partial charge < -0.3 is 15.3 Å². The van der Waals surface area contributed by atoms with E-state index in [0.717, 1.165) is 44.3 Å². The van der Waals surface area contributed by atoms with Crippen LogP contribution in [0, 0.1) is 0 Å². The summed E-state index contributed by atoms with van der Waals surface area (Å²) in [7, 11) is 0. The molecule has 0 bridgehead atoms. The Morgan fingerprint density at radius 2 is 2.17 bits per heavy atom. The van der Waals surface area contributed by atoms with Crippen LogP contribution in [-0.4, -0.2) is 30.2 Å². The third-order valence-electron chi connectivity index (χ3n) is 4.45. The zero-order valence-electron chi connectivity index (χ0n) is 13.4. The highest BCUT2D eigenvalue weighted by Gasteiger charge is 2.32. The number of nitrogens with two attached hydrogens (primary N) is 1. The van der Waals surface area contributed by atoms with Crippen LogP contribution in [0.2, 0.25) is 5.02 Å². The molecule has 2 aliphatic rings. The van der Waals surface area contributed by atoms with Crippen molar-refractivity contribution in [3.05, 3.63) is 22.2 Å². The van der Waals surface area contributed by atoms with Crippen LogP contribution < -0.4 is 10.5 Å².